The Kier molecular flexibility index (Phi) is 6.95. The van der Waals surface area contributed by atoms with E-state index < -0.39 is 0 Å². The monoisotopic (exact) mass is 465 g/mol. The van der Waals surface area contributed by atoms with E-state index in [0.717, 1.165) is 42.7 Å². The van der Waals surface area contributed by atoms with Crippen molar-refractivity contribution in [2.45, 2.75) is 19.8 Å². The van der Waals surface area contributed by atoms with Crippen LogP contribution in [0.2, 0.25) is 0 Å². The topological polar surface area (TPSA) is 82.2 Å². The lowest BCUT2D eigenvalue weighted by Crippen LogP contribution is -2.39. The average molecular weight is 466 g/mol. The summed E-state index contributed by atoms with van der Waals surface area (Å²) in [5.74, 6) is 2.77. The number of ether oxygens (including phenoxy) is 4. The van der Waals surface area contributed by atoms with Crippen molar-refractivity contribution in [2.75, 3.05) is 46.8 Å². The Morgan fingerprint density at radius 2 is 1.62 bits per heavy atom. The van der Waals surface area contributed by atoms with E-state index in [-0.39, 0.29) is 5.91 Å². The van der Waals surface area contributed by atoms with Crippen molar-refractivity contribution in [1.29, 1.82) is 0 Å². The molecule has 4 rings (SSSR count). The number of aromatic nitrogens is 1. The SMILES string of the molecule is COc1ccc(Nc2cc(C(=O)N3CCC[C@@H](C)C3)nc3cc(OC)c(OC)cc23)cc1OC. The van der Waals surface area contributed by atoms with Crippen LogP contribution in [0.25, 0.3) is 10.9 Å². The first-order valence-corrected chi connectivity index (χ1v) is 11.3. The average Bonchev–Trinajstić information content (AvgIpc) is 2.87. The zero-order valence-electron chi connectivity index (χ0n) is 20.3. The molecule has 180 valence electrons. The molecule has 0 radical (unpaired) electrons. The number of carbonyl (C=O) groups excluding carboxylic acids is 1. The quantitative estimate of drug-likeness (QED) is 0.532. The third-order valence-electron chi connectivity index (χ3n) is 6.14. The number of hydrogen-bond acceptors (Lipinski definition) is 7. The second kappa shape index (κ2) is 10.1. The Bertz CT molecular complexity index is 1200. The second-order valence-corrected chi connectivity index (χ2v) is 8.47. The molecule has 1 aromatic heterocycles. The first-order valence-electron chi connectivity index (χ1n) is 11.3. The number of nitrogens with one attached hydrogen (secondary N) is 1. The van der Waals surface area contributed by atoms with Crippen molar-refractivity contribution in [2.24, 2.45) is 5.92 Å². The Hall–Kier alpha value is -3.68. The molecule has 1 fully saturated rings. The number of fused-ring (bicyclic) bond motifs is 1. The van der Waals surface area contributed by atoms with Crippen LogP contribution in [0, 0.1) is 5.92 Å². The highest BCUT2D eigenvalue weighted by atomic mass is 16.5. The number of amides is 1. The van der Waals surface area contributed by atoms with E-state index >= 15 is 0 Å². The highest BCUT2D eigenvalue weighted by Crippen LogP contribution is 2.37. The van der Waals surface area contributed by atoms with Gasteiger partial charge in [-0.2, -0.15) is 0 Å². The van der Waals surface area contributed by atoms with Crippen LogP contribution < -0.4 is 24.3 Å². The number of benzene rings is 2. The summed E-state index contributed by atoms with van der Waals surface area (Å²) in [5.41, 5.74) is 2.53. The number of pyridine rings is 1. The molecule has 1 atom stereocenters. The molecule has 2 aromatic carbocycles. The van der Waals surface area contributed by atoms with Crippen LogP contribution in [-0.2, 0) is 0 Å². The van der Waals surface area contributed by atoms with Crippen molar-refractivity contribution in [1.82, 2.24) is 9.88 Å². The van der Waals surface area contributed by atoms with E-state index in [0.29, 0.717) is 40.1 Å². The Labute approximate surface area is 199 Å². The van der Waals surface area contributed by atoms with Gasteiger partial charge in [0.15, 0.2) is 23.0 Å². The standard InChI is InChI=1S/C26H31N3O5/c1-16-7-6-10-29(15-16)26(30)21-13-19(27-17-8-9-22(31-2)23(11-17)32-3)18-12-24(33-4)25(34-5)14-20(18)28-21/h8-9,11-14,16H,6-7,10,15H2,1-5H3,(H,27,28)/t16-/m1/s1. The summed E-state index contributed by atoms with van der Waals surface area (Å²) in [5, 5.41) is 4.23. The zero-order valence-corrected chi connectivity index (χ0v) is 20.3. The number of methoxy groups -OCH3 is 4. The van der Waals surface area contributed by atoms with Crippen molar-refractivity contribution >= 4 is 28.2 Å². The van der Waals surface area contributed by atoms with E-state index in [9.17, 15) is 4.79 Å². The number of rotatable bonds is 7. The predicted molar refractivity (Wildman–Crippen MR) is 132 cm³/mol. The molecule has 1 saturated heterocycles. The number of likely N-dealkylation sites (tertiary alicyclic amines) is 1. The fraction of sp³-hybridized carbons (Fsp3) is 0.385. The summed E-state index contributed by atoms with van der Waals surface area (Å²) in [4.78, 5) is 20.0. The Morgan fingerprint density at radius 3 is 2.29 bits per heavy atom. The summed E-state index contributed by atoms with van der Waals surface area (Å²) in [6, 6.07) is 11.0. The minimum Gasteiger partial charge on any atom is -0.493 e. The summed E-state index contributed by atoms with van der Waals surface area (Å²) < 4.78 is 21.8. The van der Waals surface area contributed by atoms with Gasteiger partial charge in [0.05, 0.1) is 39.6 Å². The van der Waals surface area contributed by atoms with Gasteiger partial charge >= 0.3 is 0 Å². The molecule has 1 amide bonds. The van der Waals surface area contributed by atoms with Gasteiger partial charge in [0, 0.05) is 36.3 Å². The van der Waals surface area contributed by atoms with Crippen LogP contribution in [0.15, 0.2) is 36.4 Å². The minimum absolute atomic E-state index is 0.0707. The first kappa shape index (κ1) is 23.5. The second-order valence-electron chi connectivity index (χ2n) is 8.47. The first-order chi connectivity index (χ1) is 16.5. The third kappa shape index (κ3) is 4.66. The van der Waals surface area contributed by atoms with Gasteiger partial charge in [0.2, 0.25) is 0 Å². The molecule has 0 saturated carbocycles. The molecule has 0 spiro atoms. The van der Waals surface area contributed by atoms with E-state index in [2.05, 4.69) is 12.2 Å². The highest BCUT2D eigenvalue weighted by molar-refractivity contribution is 6.01. The normalized spacial score (nSPS) is 15.7. The lowest BCUT2D eigenvalue weighted by Gasteiger charge is -2.30. The van der Waals surface area contributed by atoms with E-state index in [1.54, 1.807) is 40.6 Å². The van der Waals surface area contributed by atoms with Gasteiger partial charge in [0.1, 0.15) is 5.69 Å². The van der Waals surface area contributed by atoms with E-state index in [4.69, 9.17) is 23.9 Å². The summed E-state index contributed by atoms with van der Waals surface area (Å²) in [6.45, 7) is 3.66. The summed E-state index contributed by atoms with van der Waals surface area (Å²) >= 11 is 0. The van der Waals surface area contributed by atoms with Gasteiger partial charge in [-0.05, 0) is 43.0 Å². The van der Waals surface area contributed by atoms with Crippen LogP contribution in [0.3, 0.4) is 0 Å². The number of carbonyl (C=O) groups is 1. The van der Waals surface area contributed by atoms with E-state index in [1.165, 1.54) is 0 Å². The van der Waals surface area contributed by atoms with E-state index in [1.807, 2.05) is 29.2 Å². The molecule has 34 heavy (non-hydrogen) atoms. The molecule has 1 aliphatic heterocycles. The predicted octanol–water partition coefficient (Wildman–Crippen LogP) is 4.88. The van der Waals surface area contributed by atoms with Crippen molar-refractivity contribution in [3.8, 4) is 23.0 Å². The molecular formula is C26H31N3O5. The summed E-state index contributed by atoms with van der Waals surface area (Å²) in [6.07, 6.45) is 2.14. The van der Waals surface area contributed by atoms with Crippen molar-refractivity contribution < 1.29 is 23.7 Å². The molecule has 8 heteroatoms. The molecule has 0 aliphatic carbocycles. The number of nitrogens with zero attached hydrogens (tertiary/aromatic N) is 2. The lowest BCUT2D eigenvalue weighted by atomic mass is 10.00. The van der Waals surface area contributed by atoms with Gasteiger partial charge < -0.3 is 29.2 Å². The van der Waals surface area contributed by atoms with Crippen LogP contribution in [-0.4, -0.2) is 57.3 Å². The maximum Gasteiger partial charge on any atom is 0.272 e. The van der Waals surface area contributed by atoms with Crippen LogP contribution >= 0.6 is 0 Å². The van der Waals surface area contributed by atoms with Gasteiger partial charge in [-0.1, -0.05) is 6.92 Å². The van der Waals surface area contributed by atoms with Crippen LogP contribution in [0.4, 0.5) is 11.4 Å². The molecule has 0 unspecified atom stereocenters. The minimum atomic E-state index is -0.0707. The van der Waals surface area contributed by atoms with Crippen LogP contribution in [0.5, 0.6) is 23.0 Å². The third-order valence-corrected chi connectivity index (χ3v) is 6.14. The number of anilines is 2. The Morgan fingerprint density at radius 1 is 0.941 bits per heavy atom. The largest absolute Gasteiger partial charge is 0.493 e. The van der Waals surface area contributed by atoms with Gasteiger partial charge in [-0.15, -0.1) is 0 Å². The van der Waals surface area contributed by atoms with Gasteiger partial charge in [-0.25, -0.2) is 4.98 Å². The highest BCUT2D eigenvalue weighted by Gasteiger charge is 2.24. The fourth-order valence-electron chi connectivity index (χ4n) is 4.37. The fourth-order valence-corrected chi connectivity index (χ4v) is 4.37. The lowest BCUT2D eigenvalue weighted by molar-refractivity contribution is 0.0677. The molecule has 1 aliphatic rings. The molecule has 0 bridgehead atoms. The molecule has 1 N–H and O–H groups in total. The van der Waals surface area contributed by atoms with Crippen LogP contribution in [0.1, 0.15) is 30.3 Å². The van der Waals surface area contributed by atoms with Gasteiger partial charge in [-0.3, -0.25) is 4.79 Å². The number of hydrogen-bond donors (Lipinski definition) is 1. The number of piperidine rings is 1. The Balaban J connectivity index is 1.81. The molecule has 2 heterocycles. The molecular weight excluding hydrogens is 434 g/mol. The van der Waals surface area contributed by atoms with Crippen molar-refractivity contribution in [3.05, 3.63) is 42.1 Å². The van der Waals surface area contributed by atoms with Crippen molar-refractivity contribution in [3.63, 3.8) is 0 Å². The maximum atomic E-state index is 13.4. The smallest absolute Gasteiger partial charge is 0.272 e. The molecule has 3 aromatic rings. The summed E-state index contributed by atoms with van der Waals surface area (Å²) in [7, 11) is 6.36. The van der Waals surface area contributed by atoms with Gasteiger partial charge in [0.25, 0.3) is 5.91 Å². The maximum absolute atomic E-state index is 13.4. The zero-order chi connectivity index (χ0) is 24.2. The molecule has 8 nitrogen and oxygen atoms in total.